The minimum Gasteiger partial charge on any atom is -0.448 e. The van der Waals surface area contributed by atoms with Crippen LogP contribution in [0.25, 0.3) is 0 Å². The summed E-state index contributed by atoms with van der Waals surface area (Å²) < 4.78 is 7.36. The predicted octanol–water partition coefficient (Wildman–Crippen LogP) is 2.37. The van der Waals surface area contributed by atoms with E-state index in [9.17, 15) is 9.59 Å². The normalized spacial score (nSPS) is 15.6. The van der Waals surface area contributed by atoms with Gasteiger partial charge < -0.3 is 14.6 Å². The zero-order valence-corrected chi connectivity index (χ0v) is 15.4. The molecule has 1 atom stereocenters. The quantitative estimate of drug-likeness (QED) is 0.672. The van der Waals surface area contributed by atoms with E-state index in [-0.39, 0.29) is 5.91 Å². The summed E-state index contributed by atoms with van der Waals surface area (Å²) in [5, 5.41) is 2.86. The second-order valence-electron chi connectivity index (χ2n) is 6.75. The molecule has 0 fully saturated rings. The Hall–Kier alpha value is -3.41. The number of hydrogen-bond acceptors (Lipinski definition) is 4. The molecule has 1 aliphatic rings. The summed E-state index contributed by atoms with van der Waals surface area (Å²) in [6, 6.07) is 17.4. The van der Waals surface area contributed by atoms with Gasteiger partial charge in [-0.3, -0.25) is 4.79 Å². The molecule has 2 aromatic carbocycles. The zero-order chi connectivity index (χ0) is 19.3. The van der Waals surface area contributed by atoms with Gasteiger partial charge in [0.1, 0.15) is 5.82 Å². The topological polar surface area (TPSA) is 73.2 Å². The van der Waals surface area contributed by atoms with E-state index in [4.69, 9.17) is 4.74 Å². The number of amides is 1. The fourth-order valence-corrected chi connectivity index (χ4v) is 3.38. The number of esters is 1. The van der Waals surface area contributed by atoms with Crippen LogP contribution in [0, 0.1) is 0 Å². The third kappa shape index (κ3) is 3.96. The van der Waals surface area contributed by atoms with Gasteiger partial charge in [0.05, 0.1) is 5.56 Å². The number of hydrogen-bond donors (Lipinski definition) is 1. The highest BCUT2D eigenvalue weighted by atomic mass is 16.5. The standard InChI is InChI=1S/C22H21N3O3/c26-21(19-14-17-8-4-5-9-18(17)22(27)28-19)24-11-10-20-23-12-13-25(20)15-16-6-2-1-3-7-16/h1-9,12-13,19H,10-11,14-15H2,(H,24,26). The molecule has 1 N–H and O–H groups in total. The molecule has 28 heavy (non-hydrogen) atoms. The number of imidazole rings is 1. The predicted molar refractivity (Wildman–Crippen MR) is 104 cm³/mol. The van der Waals surface area contributed by atoms with Crippen LogP contribution in [-0.4, -0.2) is 34.1 Å². The van der Waals surface area contributed by atoms with Crippen LogP contribution in [0.1, 0.15) is 27.3 Å². The van der Waals surface area contributed by atoms with Gasteiger partial charge in [0.15, 0.2) is 6.10 Å². The minimum absolute atomic E-state index is 0.274. The smallest absolute Gasteiger partial charge is 0.339 e. The van der Waals surface area contributed by atoms with Gasteiger partial charge in [0, 0.05) is 38.3 Å². The van der Waals surface area contributed by atoms with Gasteiger partial charge in [-0.1, -0.05) is 48.5 Å². The second kappa shape index (κ2) is 8.08. The third-order valence-electron chi connectivity index (χ3n) is 4.83. The number of nitrogens with zero attached hydrogens (tertiary/aromatic N) is 2. The molecule has 2 heterocycles. The molecule has 0 aliphatic carbocycles. The highest BCUT2D eigenvalue weighted by Crippen LogP contribution is 2.20. The first-order valence-corrected chi connectivity index (χ1v) is 9.31. The van der Waals surface area contributed by atoms with Crippen molar-refractivity contribution in [3.05, 3.63) is 89.5 Å². The van der Waals surface area contributed by atoms with E-state index >= 15 is 0 Å². The lowest BCUT2D eigenvalue weighted by Gasteiger charge is -2.23. The van der Waals surface area contributed by atoms with Crippen LogP contribution in [0.4, 0.5) is 0 Å². The summed E-state index contributed by atoms with van der Waals surface area (Å²) in [5.74, 6) is 0.180. The fourth-order valence-electron chi connectivity index (χ4n) is 3.38. The van der Waals surface area contributed by atoms with Gasteiger partial charge in [0.2, 0.25) is 0 Å². The number of fused-ring (bicyclic) bond motifs is 1. The van der Waals surface area contributed by atoms with Crippen molar-refractivity contribution < 1.29 is 14.3 Å². The molecule has 1 unspecified atom stereocenters. The van der Waals surface area contributed by atoms with Crippen LogP contribution in [0.2, 0.25) is 0 Å². The molecule has 3 aromatic rings. The number of aromatic nitrogens is 2. The van der Waals surface area contributed by atoms with Crippen molar-refractivity contribution in [2.45, 2.75) is 25.5 Å². The lowest BCUT2D eigenvalue weighted by molar-refractivity contribution is -0.130. The zero-order valence-electron chi connectivity index (χ0n) is 15.4. The summed E-state index contributed by atoms with van der Waals surface area (Å²) in [7, 11) is 0. The van der Waals surface area contributed by atoms with Crippen molar-refractivity contribution in [1.82, 2.24) is 14.9 Å². The maximum Gasteiger partial charge on any atom is 0.339 e. The highest BCUT2D eigenvalue weighted by Gasteiger charge is 2.30. The molecule has 0 spiro atoms. The maximum atomic E-state index is 12.4. The van der Waals surface area contributed by atoms with Gasteiger partial charge in [0.25, 0.3) is 5.91 Å². The number of benzene rings is 2. The molecule has 1 aliphatic heterocycles. The first-order valence-electron chi connectivity index (χ1n) is 9.31. The fraction of sp³-hybridized carbons (Fsp3) is 0.227. The minimum atomic E-state index is -0.786. The number of ether oxygens (including phenoxy) is 1. The Morgan fingerprint density at radius 2 is 1.93 bits per heavy atom. The number of nitrogens with one attached hydrogen (secondary N) is 1. The first-order chi connectivity index (χ1) is 13.7. The summed E-state index contributed by atoms with van der Waals surface area (Å²) >= 11 is 0. The molecule has 142 valence electrons. The molecule has 0 radical (unpaired) electrons. The van der Waals surface area contributed by atoms with Crippen molar-refractivity contribution >= 4 is 11.9 Å². The van der Waals surface area contributed by atoms with Crippen molar-refractivity contribution in [2.75, 3.05) is 6.54 Å². The van der Waals surface area contributed by atoms with Crippen LogP contribution in [0.15, 0.2) is 67.0 Å². The van der Waals surface area contributed by atoms with Crippen LogP contribution < -0.4 is 5.32 Å². The molecule has 6 nitrogen and oxygen atoms in total. The van der Waals surface area contributed by atoms with Crippen molar-refractivity contribution in [1.29, 1.82) is 0 Å². The van der Waals surface area contributed by atoms with Crippen molar-refractivity contribution in [2.24, 2.45) is 0 Å². The van der Waals surface area contributed by atoms with E-state index in [2.05, 4.69) is 27.0 Å². The van der Waals surface area contributed by atoms with E-state index in [0.717, 1.165) is 17.9 Å². The lowest BCUT2D eigenvalue weighted by Crippen LogP contribution is -2.42. The third-order valence-corrected chi connectivity index (χ3v) is 4.83. The Balaban J connectivity index is 1.32. The van der Waals surface area contributed by atoms with E-state index in [0.29, 0.717) is 24.9 Å². The number of rotatable bonds is 6. The summed E-state index contributed by atoms with van der Waals surface area (Å²) in [6.45, 7) is 1.17. The molecule has 1 amide bonds. The lowest BCUT2D eigenvalue weighted by atomic mass is 9.98. The summed E-state index contributed by atoms with van der Waals surface area (Å²) in [5.41, 5.74) is 2.57. The van der Waals surface area contributed by atoms with E-state index in [1.165, 1.54) is 5.56 Å². The van der Waals surface area contributed by atoms with Gasteiger partial charge in [-0.2, -0.15) is 0 Å². The maximum absolute atomic E-state index is 12.4. The van der Waals surface area contributed by atoms with Crippen LogP contribution in [0.3, 0.4) is 0 Å². The van der Waals surface area contributed by atoms with E-state index in [1.807, 2.05) is 36.5 Å². The summed E-state index contributed by atoms with van der Waals surface area (Å²) in [6.07, 6.45) is 3.91. The molecular formula is C22H21N3O3. The average Bonchev–Trinajstić information content (AvgIpc) is 3.15. The second-order valence-corrected chi connectivity index (χ2v) is 6.75. The van der Waals surface area contributed by atoms with E-state index < -0.39 is 12.1 Å². The molecular weight excluding hydrogens is 354 g/mol. The Labute approximate surface area is 163 Å². The van der Waals surface area contributed by atoms with Crippen molar-refractivity contribution in [3.8, 4) is 0 Å². The monoisotopic (exact) mass is 375 g/mol. The molecule has 6 heteroatoms. The molecule has 1 aromatic heterocycles. The van der Waals surface area contributed by atoms with Crippen molar-refractivity contribution in [3.63, 3.8) is 0 Å². The molecule has 0 bridgehead atoms. The number of carbonyl (C=O) groups excluding carboxylic acids is 2. The number of cyclic esters (lactones) is 1. The highest BCUT2D eigenvalue weighted by molar-refractivity contribution is 5.95. The Bertz CT molecular complexity index is 981. The van der Waals surface area contributed by atoms with Crippen LogP contribution in [-0.2, 0) is 28.9 Å². The van der Waals surface area contributed by atoms with Gasteiger partial charge in [-0.25, -0.2) is 9.78 Å². The van der Waals surface area contributed by atoms with Gasteiger partial charge in [-0.05, 0) is 17.2 Å². The Morgan fingerprint density at radius 3 is 2.79 bits per heavy atom. The van der Waals surface area contributed by atoms with Crippen LogP contribution >= 0.6 is 0 Å². The molecule has 4 rings (SSSR count). The largest absolute Gasteiger partial charge is 0.448 e. The Kier molecular flexibility index (Phi) is 5.19. The van der Waals surface area contributed by atoms with Gasteiger partial charge >= 0.3 is 5.97 Å². The first kappa shape index (κ1) is 18.0. The van der Waals surface area contributed by atoms with Crippen LogP contribution in [0.5, 0.6) is 0 Å². The van der Waals surface area contributed by atoms with E-state index in [1.54, 1.807) is 18.3 Å². The number of carbonyl (C=O) groups is 2. The average molecular weight is 375 g/mol. The molecule has 0 saturated heterocycles. The Morgan fingerprint density at radius 1 is 1.14 bits per heavy atom. The SMILES string of the molecule is O=C1OC(C(=O)NCCc2nccn2Cc2ccccc2)Cc2ccccc21. The summed E-state index contributed by atoms with van der Waals surface area (Å²) in [4.78, 5) is 28.9. The molecule has 0 saturated carbocycles. The van der Waals surface area contributed by atoms with Gasteiger partial charge in [-0.15, -0.1) is 0 Å².